The number of hydrogen-bond donors (Lipinski definition) is 0. The number of hydrogen-bond acceptors (Lipinski definition) is 2. The zero-order chi connectivity index (χ0) is 18.3. The topological polar surface area (TPSA) is 26.3 Å². The summed E-state index contributed by atoms with van der Waals surface area (Å²) in [5.74, 6) is -0.354. The number of carbonyl (C=O) groups excluding carboxylic acids is 1. The van der Waals surface area contributed by atoms with Gasteiger partial charge in [-0.05, 0) is 24.6 Å². The molecule has 0 aliphatic carbocycles. The molecule has 0 N–H and O–H groups in total. The molecule has 0 saturated heterocycles. The Balaban J connectivity index is 1.94. The van der Waals surface area contributed by atoms with Gasteiger partial charge >= 0.3 is 5.97 Å². The second-order valence-electron chi connectivity index (χ2n) is 6.68. The minimum atomic E-state index is -0.354. The Morgan fingerprint density at radius 1 is 0.760 bits per heavy atom. The average molecular weight is 387 g/mol. The average Bonchev–Trinajstić information content (AvgIpc) is 2.58. The van der Waals surface area contributed by atoms with Crippen LogP contribution in [0.2, 0.25) is 10.0 Å². The van der Waals surface area contributed by atoms with Crippen LogP contribution in [-0.4, -0.2) is 12.6 Å². The second kappa shape index (κ2) is 14.4. The lowest BCUT2D eigenvalue weighted by Crippen LogP contribution is -2.06. The normalized spacial score (nSPS) is 10.8. The molecule has 142 valence electrons. The van der Waals surface area contributed by atoms with E-state index in [0.29, 0.717) is 22.2 Å². The van der Waals surface area contributed by atoms with Crippen molar-refractivity contribution in [2.24, 2.45) is 0 Å². The zero-order valence-electron chi connectivity index (χ0n) is 15.5. The van der Waals surface area contributed by atoms with E-state index in [4.69, 9.17) is 27.9 Å². The molecule has 0 unspecified atom stereocenters. The van der Waals surface area contributed by atoms with Crippen molar-refractivity contribution in [3.63, 3.8) is 0 Å². The van der Waals surface area contributed by atoms with Crippen LogP contribution in [0.4, 0.5) is 0 Å². The van der Waals surface area contributed by atoms with Crippen LogP contribution in [0.15, 0.2) is 18.2 Å². The van der Waals surface area contributed by atoms with Crippen LogP contribution in [0, 0.1) is 0 Å². The van der Waals surface area contributed by atoms with Crippen LogP contribution < -0.4 is 0 Å². The fourth-order valence-electron chi connectivity index (χ4n) is 2.86. The molecular weight excluding hydrogens is 355 g/mol. The standard InChI is InChI=1S/C21H32Cl2O2/c1-2-3-4-5-6-7-8-9-10-11-12-13-14-25-21(24)18-15-19(22)17-20(23)16-18/h15-17H,2-14H2,1H3. The first-order chi connectivity index (χ1) is 12.1. The molecule has 0 heterocycles. The van der Waals surface area contributed by atoms with Gasteiger partial charge in [-0.15, -0.1) is 0 Å². The molecule has 1 aromatic carbocycles. The predicted molar refractivity (Wildman–Crippen MR) is 108 cm³/mol. The molecule has 0 saturated carbocycles. The first-order valence-corrected chi connectivity index (χ1v) is 10.5. The van der Waals surface area contributed by atoms with E-state index in [1.165, 1.54) is 64.2 Å². The molecule has 0 radical (unpaired) electrons. The SMILES string of the molecule is CCCCCCCCCCCCCCOC(=O)c1cc(Cl)cc(Cl)c1. The molecule has 1 aromatic rings. The summed E-state index contributed by atoms with van der Waals surface area (Å²) in [6.45, 7) is 2.72. The van der Waals surface area contributed by atoms with Crippen LogP contribution in [0.3, 0.4) is 0 Å². The maximum absolute atomic E-state index is 11.9. The lowest BCUT2D eigenvalue weighted by Gasteiger charge is -2.06. The number of ether oxygens (including phenoxy) is 1. The van der Waals surface area contributed by atoms with E-state index in [9.17, 15) is 4.79 Å². The Morgan fingerprint density at radius 3 is 1.68 bits per heavy atom. The van der Waals surface area contributed by atoms with Crippen molar-refractivity contribution in [2.45, 2.75) is 84.0 Å². The van der Waals surface area contributed by atoms with Crippen molar-refractivity contribution >= 4 is 29.2 Å². The van der Waals surface area contributed by atoms with E-state index < -0.39 is 0 Å². The number of carbonyl (C=O) groups is 1. The van der Waals surface area contributed by atoms with Gasteiger partial charge in [-0.1, -0.05) is 101 Å². The van der Waals surface area contributed by atoms with E-state index in [0.717, 1.165) is 12.8 Å². The van der Waals surface area contributed by atoms with Crippen LogP contribution in [0.1, 0.15) is 94.3 Å². The first kappa shape index (κ1) is 22.3. The Hall–Kier alpha value is -0.730. The predicted octanol–water partition coefficient (Wildman–Crippen LogP) is 7.85. The van der Waals surface area contributed by atoms with Crippen molar-refractivity contribution in [3.8, 4) is 0 Å². The van der Waals surface area contributed by atoms with E-state index in [1.54, 1.807) is 18.2 Å². The van der Waals surface area contributed by atoms with E-state index in [-0.39, 0.29) is 5.97 Å². The monoisotopic (exact) mass is 386 g/mol. The summed E-state index contributed by atoms with van der Waals surface area (Å²) >= 11 is 11.8. The van der Waals surface area contributed by atoms with Gasteiger partial charge in [0.25, 0.3) is 0 Å². The maximum Gasteiger partial charge on any atom is 0.338 e. The zero-order valence-corrected chi connectivity index (χ0v) is 17.0. The quantitative estimate of drug-likeness (QED) is 0.240. The molecule has 0 aliphatic heterocycles. The third-order valence-electron chi connectivity index (χ3n) is 4.33. The fourth-order valence-corrected chi connectivity index (χ4v) is 3.39. The largest absolute Gasteiger partial charge is 0.462 e. The van der Waals surface area contributed by atoms with Crippen molar-refractivity contribution in [3.05, 3.63) is 33.8 Å². The third-order valence-corrected chi connectivity index (χ3v) is 4.77. The number of esters is 1. The van der Waals surface area contributed by atoms with Gasteiger partial charge in [-0.3, -0.25) is 0 Å². The summed E-state index contributed by atoms with van der Waals surface area (Å²) in [6.07, 6.45) is 15.5. The highest BCUT2D eigenvalue weighted by Crippen LogP contribution is 2.19. The van der Waals surface area contributed by atoms with Gasteiger partial charge in [0, 0.05) is 10.0 Å². The summed E-state index contributed by atoms with van der Waals surface area (Å²) in [7, 11) is 0. The lowest BCUT2D eigenvalue weighted by molar-refractivity contribution is 0.0497. The molecule has 0 spiro atoms. The molecule has 0 bridgehead atoms. The van der Waals surface area contributed by atoms with Crippen LogP contribution in [0.5, 0.6) is 0 Å². The maximum atomic E-state index is 11.9. The highest BCUT2D eigenvalue weighted by atomic mass is 35.5. The molecular formula is C21H32Cl2O2. The number of unbranched alkanes of at least 4 members (excludes halogenated alkanes) is 11. The molecule has 0 atom stereocenters. The summed E-state index contributed by atoms with van der Waals surface area (Å²) in [5, 5.41) is 0.898. The molecule has 25 heavy (non-hydrogen) atoms. The molecule has 0 amide bonds. The van der Waals surface area contributed by atoms with Gasteiger partial charge in [-0.2, -0.15) is 0 Å². The van der Waals surface area contributed by atoms with Crippen LogP contribution >= 0.6 is 23.2 Å². The number of rotatable bonds is 14. The lowest BCUT2D eigenvalue weighted by atomic mass is 10.1. The van der Waals surface area contributed by atoms with Crippen molar-refractivity contribution in [2.75, 3.05) is 6.61 Å². The minimum absolute atomic E-state index is 0.354. The van der Waals surface area contributed by atoms with Gasteiger partial charge in [0.1, 0.15) is 0 Å². The molecule has 0 aliphatic rings. The number of benzene rings is 1. The van der Waals surface area contributed by atoms with Crippen LogP contribution in [-0.2, 0) is 4.74 Å². The van der Waals surface area contributed by atoms with E-state index in [1.807, 2.05) is 0 Å². The van der Waals surface area contributed by atoms with Crippen molar-refractivity contribution in [1.29, 1.82) is 0 Å². The Bertz CT molecular complexity index is 469. The fraction of sp³-hybridized carbons (Fsp3) is 0.667. The smallest absolute Gasteiger partial charge is 0.338 e. The van der Waals surface area contributed by atoms with Crippen molar-refractivity contribution in [1.82, 2.24) is 0 Å². The summed E-state index contributed by atoms with van der Waals surface area (Å²) < 4.78 is 5.27. The molecule has 0 fully saturated rings. The van der Waals surface area contributed by atoms with Gasteiger partial charge < -0.3 is 4.74 Å². The molecule has 0 aromatic heterocycles. The Morgan fingerprint density at radius 2 is 1.20 bits per heavy atom. The number of halogens is 2. The Labute approximate surface area is 163 Å². The van der Waals surface area contributed by atoms with E-state index >= 15 is 0 Å². The first-order valence-electron chi connectivity index (χ1n) is 9.76. The second-order valence-corrected chi connectivity index (χ2v) is 7.56. The Kier molecular flexibility index (Phi) is 12.9. The minimum Gasteiger partial charge on any atom is -0.462 e. The third kappa shape index (κ3) is 11.5. The highest BCUT2D eigenvalue weighted by Gasteiger charge is 2.09. The van der Waals surface area contributed by atoms with Gasteiger partial charge in [-0.25, -0.2) is 4.79 Å². The summed E-state index contributed by atoms with van der Waals surface area (Å²) in [6, 6.07) is 4.77. The van der Waals surface area contributed by atoms with Gasteiger partial charge in [0.15, 0.2) is 0 Å². The van der Waals surface area contributed by atoms with Gasteiger partial charge in [0.05, 0.1) is 12.2 Å². The molecule has 1 rings (SSSR count). The van der Waals surface area contributed by atoms with Crippen molar-refractivity contribution < 1.29 is 9.53 Å². The summed E-state index contributed by atoms with van der Waals surface area (Å²) in [5.41, 5.74) is 0.413. The molecule has 2 nitrogen and oxygen atoms in total. The van der Waals surface area contributed by atoms with Gasteiger partial charge in [0.2, 0.25) is 0 Å². The van der Waals surface area contributed by atoms with E-state index in [2.05, 4.69) is 6.92 Å². The molecule has 4 heteroatoms. The summed E-state index contributed by atoms with van der Waals surface area (Å²) in [4.78, 5) is 11.9. The highest BCUT2D eigenvalue weighted by molar-refractivity contribution is 6.35. The van der Waals surface area contributed by atoms with Crippen LogP contribution in [0.25, 0.3) is 0 Å².